The summed E-state index contributed by atoms with van der Waals surface area (Å²) in [7, 11) is 0. The fourth-order valence-corrected chi connectivity index (χ4v) is 1.05. The molecule has 0 aliphatic carbocycles. The van der Waals surface area contributed by atoms with Crippen molar-refractivity contribution in [3.8, 4) is 0 Å². The Morgan fingerprint density at radius 2 is 2.06 bits per heavy atom. The van der Waals surface area contributed by atoms with Crippen LogP contribution in [0.15, 0.2) is 0 Å². The van der Waals surface area contributed by atoms with Gasteiger partial charge in [-0.3, -0.25) is 5.10 Å². The van der Waals surface area contributed by atoms with Crippen molar-refractivity contribution in [1.29, 1.82) is 0 Å². The minimum absolute atomic E-state index is 0.0561. The molecule has 0 aromatic carbocycles. The molecule has 0 unspecified atom stereocenters. The number of hydrogen-bond donors (Lipinski definition) is 2. The highest BCUT2D eigenvalue weighted by atomic mass is 19.4. The van der Waals surface area contributed by atoms with Gasteiger partial charge in [-0.15, -0.1) is 0 Å². The van der Waals surface area contributed by atoms with Crippen LogP contribution in [0, 0.1) is 0 Å². The van der Waals surface area contributed by atoms with E-state index in [1.54, 1.807) is 0 Å². The molecular formula is C8H13F3N4O. The Bertz CT molecular complexity index is 312. The Hall–Kier alpha value is -1.15. The fraction of sp³-hybridized carbons (Fsp3) is 0.750. The lowest BCUT2D eigenvalue weighted by atomic mass is 10.4. The average molecular weight is 238 g/mol. The molecule has 16 heavy (non-hydrogen) atoms. The predicted molar refractivity (Wildman–Crippen MR) is 49.7 cm³/mol. The first-order chi connectivity index (χ1) is 7.51. The van der Waals surface area contributed by atoms with Crippen LogP contribution in [0.1, 0.15) is 11.6 Å². The molecule has 0 aliphatic rings. The number of halogens is 3. The van der Waals surface area contributed by atoms with E-state index in [0.717, 1.165) is 0 Å². The summed E-state index contributed by atoms with van der Waals surface area (Å²) in [5.74, 6) is 1.07. The second kappa shape index (κ2) is 5.80. The molecule has 1 rings (SSSR count). The van der Waals surface area contributed by atoms with Crippen molar-refractivity contribution in [2.24, 2.45) is 5.73 Å². The van der Waals surface area contributed by atoms with E-state index in [1.807, 2.05) is 0 Å². The lowest BCUT2D eigenvalue weighted by molar-refractivity contribution is -0.173. The second-order valence-electron chi connectivity index (χ2n) is 3.15. The average Bonchev–Trinajstić information content (AvgIpc) is 2.60. The summed E-state index contributed by atoms with van der Waals surface area (Å²) < 4.78 is 39.6. The van der Waals surface area contributed by atoms with E-state index < -0.39 is 12.8 Å². The molecule has 0 aliphatic heterocycles. The van der Waals surface area contributed by atoms with Gasteiger partial charge in [-0.1, -0.05) is 0 Å². The SMILES string of the molecule is NCCc1nc(CCOCC(F)(F)F)n[nH]1. The first-order valence-corrected chi connectivity index (χ1v) is 4.76. The van der Waals surface area contributed by atoms with Crippen LogP contribution in [0.3, 0.4) is 0 Å². The molecule has 1 aromatic rings. The van der Waals surface area contributed by atoms with Crippen LogP contribution in [0.2, 0.25) is 0 Å². The van der Waals surface area contributed by atoms with E-state index in [1.165, 1.54) is 0 Å². The van der Waals surface area contributed by atoms with Crippen molar-refractivity contribution in [2.45, 2.75) is 19.0 Å². The molecule has 0 amide bonds. The largest absolute Gasteiger partial charge is 0.411 e. The molecule has 8 heteroatoms. The van der Waals surface area contributed by atoms with Crippen LogP contribution in [0.25, 0.3) is 0 Å². The summed E-state index contributed by atoms with van der Waals surface area (Å²) in [6.07, 6.45) is -3.47. The molecule has 1 aromatic heterocycles. The zero-order valence-corrected chi connectivity index (χ0v) is 8.55. The van der Waals surface area contributed by atoms with Crippen LogP contribution in [0.5, 0.6) is 0 Å². The Labute approximate surface area is 90.2 Å². The summed E-state index contributed by atoms with van der Waals surface area (Å²) in [6, 6.07) is 0. The fourth-order valence-electron chi connectivity index (χ4n) is 1.05. The van der Waals surface area contributed by atoms with Gasteiger partial charge in [0.2, 0.25) is 0 Å². The highest BCUT2D eigenvalue weighted by Gasteiger charge is 2.27. The van der Waals surface area contributed by atoms with Crippen LogP contribution in [-0.2, 0) is 17.6 Å². The van der Waals surface area contributed by atoms with Crippen molar-refractivity contribution in [2.75, 3.05) is 19.8 Å². The number of aromatic nitrogens is 3. The van der Waals surface area contributed by atoms with E-state index >= 15 is 0 Å². The third-order valence-corrected chi connectivity index (χ3v) is 1.69. The second-order valence-corrected chi connectivity index (χ2v) is 3.15. The maximum Gasteiger partial charge on any atom is 0.411 e. The number of nitrogens with two attached hydrogens (primary N) is 1. The maximum absolute atomic E-state index is 11.7. The van der Waals surface area contributed by atoms with Crippen LogP contribution >= 0.6 is 0 Å². The lowest BCUT2D eigenvalue weighted by Crippen LogP contribution is -2.18. The molecule has 0 bridgehead atoms. The van der Waals surface area contributed by atoms with Gasteiger partial charge in [0.15, 0.2) is 5.82 Å². The number of rotatable bonds is 6. The van der Waals surface area contributed by atoms with Crippen molar-refractivity contribution in [1.82, 2.24) is 15.2 Å². The van der Waals surface area contributed by atoms with Gasteiger partial charge < -0.3 is 10.5 Å². The topological polar surface area (TPSA) is 76.8 Å². The normalized spacial score (nSPS) is 12.0. The van der Waals surface area contributed by atoms with Gasteiger partial charge in [0.1, 0.15) is 12.4 Å². The van der Waals surface area contributed by atoms with Crippen molar-refractivity contribution < 1.29 is 17.9 Å². The van der Waals surface area contributed by atoms with Gasteiger partial charge in [-0.25, -0.2) is 4.98 Å². The molecular weight excluding hydrogens is 225 g/mol. The van der Waals surface area contributed by atoms with E-state index in [4.69, 9.17) is 5.73 Å². The van der Waals surface area contributed by atoms with Crippen LogP contribution in [-0.4, -0.2) is 41.1 Å². The van der Waals surface area contributed by atoms with Gasteiger partial charge >= 0.3 is 6.18 Å². The summed E-state index contributed by atoms with van der Waals surface area (Å²) >= 11 is 0. The molecule has 0 saturated carbocycles. The first-order valence-electron chi connectivity index (χ1n) is 4.76. The van der Waals surface area contributed by atoms with Gasteiger partial charge in [-0.05, 0) is 6.54 Å². The highest BCUT2D eigenvalue weighted by Crippen LogP contribution is 2.14. The van der Waals surface area contributed by atoms with Crippen LogP contribution in [0.4, 0.5) is 13.2 Å². The molecule has 0 radical (unpaired) electrons. The van der Waals surface area contributed by atoms with Gasteiger partial charge in [-0.2, -0.15) is 18.3 Å². The van der Waals surface area contributed by atoms with Crippen molar-refractivity contribution in [3.63, 3.8) is 0 Å². The Morgan fingerprint density at radius 1 is 1.31 bits per heavy atom. The quantitative estimate of drug-likeness (QED) is 0.704. The maximum atomic E-state index is 11.7. The number of aromatic amines is 1. The molecule has 0 saturated heterocycles. The standard InChI is InChI=1S/C8H13F3N4O/c9-8(10,11)5-16-4-2-7-13-6(1-3-12)14-15-7/h1-5,12H2,(H,13,14,15). The van der Waals surface area contributed by atoms with Gasteiger partial charge in [0.05, 0.1) is 6.61 Å². The van der Waals surface area contributed by atoms with E-state index in [-0.39, 0.29) is 13.0 Å². The molecule has 0 spiro atoms. The lowest BCUT2D eigenvalue weighted by Gasteiger charge is -2.05. The number of nitrogens with one attached hydrogen (secondary N) is 1. The van der Waals surface area contributed by atoms with Gasteiger partial charge in [0, 0.05) is 12.8 Å². The third kappa shape index (κ3) is 5.08. The Balaban J connectivity index is 2.21. The van der Waals surface area contributed by atoms with Crippen molar-refractivity contribution >= 4 is 0 Å². The predicted octanol–water partition coefficient (Wildman–Crippen LogP) is 0.427. The first kappa shape index (κ1) is 12.9. The number of hydrogen-bond acceptors (Lipinski definition) is 4. The number of alkyl halides is 3. The Kier molecular flexibility index (Phi) is 4.69. The molecule has 0 fully saturated rings. The zero-order valence-electron chi connectivity index (χ0n) is 8.55. The minimum Gasteiger partial charge on any atom is -0.372 e. The summed E-state index contributed by atoms with van der Waals surface area (Å²) in [6.45, 7) is -0.855. The van der Waals surface area contributed by atoms with Crippen LogP contribution < -0.4 is 5.73 Å². The molecule has 92 valence electrons. The van der Waals surface area contributed by atoms with E-state index in [0.29, 0.717) is 24.6 Å². The molecule has 1 heterocycles. The minimum atomic E-state index is -4.29. The third-order valence-electron chi connectivity index (χ3n) is 1.69. The van der Waals surface area contributed by atoms with E-state index in [9.17, 15) is 13.2 Å². The summed E-state index contributed by atoms with van der Waals surface area (Å²) in [4.78, 5) is 4.03. The van der Waals surface area contributed by atoms with Crippen molar-refractivity contribution in [3.05, 3.63) is 11.6 Å². The molecule has 5 nitrogen and oxygen atoms in total. The summed E-state index contributed by atoms with van der Waals surface area (Å²) in [5, 5.41) is 6.46. The number of nitrogens with zero attached hydrogens (tertiary/aromatic N) is 2. The van der Waals surface area contributed by atoms with E-state index in [2.05, 4.69) is 19.9 Å². The zero-order chi connectivity index (χ0) is 12.0. The monoisotopic (exact) mass is 238 g/mol. The number of H-pyrrole nitrogens is 1. The number of ether oxygens (including phenoxy) is 1. The highest BCUT2D eigenvalue weighted by molar-refractivity contribution is 4.90. The Morgan fingerprint density at radius 3 is 2.69 bits per heavy atom. The van der Waals surface area contributed by atoms with Gasteiger partial charge in [0.25, 0.3) is 0 Å². The summed E-state index contributed by atoms with van der Waals surface area (Å²) in [5.41, 5.74) is 5.30. The molecule has 0 atom stereocenters. The smallest absolute Gasteiger partial charge is 0.372 e. The molecule has 3 N–H and O–H groups in total.